The second-order valence-electron chi connectivity index (χ2n) is 6.46. The third-order valence-electron chi connectivity index (χ3n) is 4.78. The van der Waals surface area contributed by atoms with Crippen LogP contribution in [0.2, 0.25) is 0 Å². The van der Waals surface area contributed by atoms with Gasteiger partial charge >= 0.3 is 0 Å². The molecular weight excluding hydrogens is 298 g/mol. The number of benzene rings is 2. The smallest absolute Gasteiger partial charge is 0.179 e. The first-order chi connectivity index (χ1) is 11.6. The van der Waals surface area contributed by atoms with E-state index in [-0.39, 0.29) is 11.8 Å². The highest BCUT2D eigenvalue weighted by Crippen LogP contribution is 2.14. The van der Waals surface area contributed by atoms with Gasteiger partial charge < -0.3 is 5.73 Å². The number of anilines is 1. The fraction of sp³-hybridized carbons (Fsp3) is 0.350. The summed E-state index contributed by atoms with van der Waals surface area (Å²) >= 11 is 0. The second-order valence-corrected chi connectivity index (χ2v) is 6.46. The molecule has 2 aromatic carbocycles. The lowest BCUT2D eigenvalue weighted by molar-refractivity contribution is 0.0687. The van der Waals surface area contributed by atoms with Crippen molar-refractivity contribution in [2.75, 3.05) is 31.9 Å². The third-order valence-corrected chi connectivity index (χ3v) is 4.78. The number of carbonyl (C=O) groups excluding carboxylic acids is 1. The molecule has 3 rings (SSSR count). The molecule has 0 saturated carbocycles. The molecule has 2 N–H and O–H groups in total. The zero-order chi connectivity index (χ0) is 16.9. The molecular formula is C20H25N3O. The van der Waals surface area contributed by atoms with E-state index >= 15 is 0 Å². The number of rotatable bonds is 5. The molecule has 1 unspecified atom stereocenters. The van der Waals surface area contributed by atoms with Gasteiger partial charge in [-0.1, -0.05) is 42.5 Å². The molecule has 0 aromatic heterocycles. The van der Waals surface area contributed by atoms with Crippen molar-refractivity contribution in [3.8, 4) is 0 Å². The van der Waals surface area contributed by atoms with Gasteiger partial charge in [0.05, 0.1) is 6.04 Å². The van der Waals surface area contributed by atoms with E-state index in [4.69, 9.17) is 5.73 Å². The van der Waals surface area contributed by atoms with Gasteiger partial charge in [0, 0.05) is 44.0 Å². The lowest BCUT2D eigenvalue weighted by Gasteiger charge is -2.37. The van der Waals surface area contributed by atoms with Crippen molar-refractivity contribution in [2.45, 2.75) is 19.5 Å². The predicted octanol–water partition coefficient (Wildman–Crippen LogP) is 2.66. The Balaban J connectivity index is 1.53. The normalized spacial score (nSPS) is 17.5. The number of nitrogens with two attached hydrogens (primary N) is 1. The number of hydrogen-bond acceptors (Lipinski definition) is 4. The van der Waals surface area contributed by atoms with Crippen molar-refractivity contribution >= 4 is 11.5 Å². The molecule has 24 heavy (non-hydrogen) atoms. The van der Waals surface area contributed by atoms with Gasteiger partial charge in [0.15, 0.2) is 5.78 Å². The van der Waals surface area contributed by atoms with E-state index in [9.17, 15) is 4.79 Å². The van der Waals surface area contributed by atoms with E-state index < -0.39 is 0 Å². The van der Waals surface area contributed by atoms with Crippen LogP contribution in [0.15, 0.2) is 54.6 Å². The molecule has 0 amide bonds. The molecule has 2 aromatic rings. The van der Waals surface area contributed by atoms with Crippen molar-refractivity contribution < 1.29 is 4.79 Å². The van der Waals surface area contributed by atoms with Crippen LogP contribution >= 0.6 is 0 Å². The van der Waals surface area contributed by atoms with Crippen molar-refractivity contribution in [1.82, 2.24) is 9.80 Å². The van der Waals surface area contributed by atoms with Crippen LogP contribution in [0, 0.1) is 0 Å². The summed E-state index contributed by atoms with van der Waals surface area (Å²) in [7, 11) is 0. The van der Waals surface area contributed by atoms with Gasteiger partial charge in [0.25, 0.3) is 0 Å². The summed E-state index contributed by atoms with van der Waals surface area (Å²) in [6, 6.07) is 17.6. The number of ketones is 1. The topological polar surface area (TPSA) is 49.6 Å². The summed E-state index contributed by atoms with van der Waals surface area (Å²) in [6.07, 6.45) is 0. The Kier molecular flexibility index (Phi) is 5.28. The van der Waals surface area contributed by atoms with Crippen molar-refractivity contribution in [3.05, 3.63) is 65.7 Å². The van der Waals surface area contributed by atoms with Crippen LogP contribution in [0.4, 0.5) is 5.69 Å². The van der Waals surface area contributed by atoms with Crippen LogP contribution in [0.1, 0.15) is 22.8 Å². The van der Waals surface area contributed by atoms with Crippen molar-refractivity contribution in [3.63, 3.8) is 0 Å². The van der Waals surface area contributed by atoms with E-state index in [1.807, 2.05) is 49.4 Å². The standard InChI is InChI=1S/C20H25N3O/c1-16(20(24)18-5-3-2-4-6-18)23-13-11-22(12-14-23)15-17-7-9-19(21)10-8-17/h2-10,16H,11-15,21H2,1H3. The Bertz CT molecular complexity index is 661. The van der Waals surface area contributed by atoms with Crippen LogP contribution in [-0.2, 0) is 6.54 Å². The fourth-order valence-electron chi connectivity index (χ4n) is 3.20. The lowest BCUT2D eigenvalue weighted by Crippen LogP contribution is -2.51. The summed E-state index contributed by atoms with van der Waals surface area (Å²) < 4.78 is 0. The number of hydrogen-bond donors (Lipinski definition) is 1. The average molecular weight is 323 g/mol. The SMILES string of the molecule is CC(C(=O)c1ccccc1)N1CCN(Cc2ccc(N)cc2)CC1. The summed E-state index contributed by atoms with van der Waals surface area (Å²) in [6.45, 7) is 6.77. The fourth-order valence-corrected chi connectivity index (χ4v) is 3.20. The molecule has 126 valence electrons. The molecule has 1 atom stereocenters. The van der Waals surface area contributed by atoms with Crippen LogP contribution in [0.3, 0.4) is 0 Å². The van der Waals surface area contributed by atoms with Crippen molar-refractivity contribution in [2.24, 2.45) is 0 Å². The summed E-state index contributed by atoms with van der Waals surface area (Å²) in [4.78, 5) is 17.3. The van der Waals surface area contributed by atoms with Gasteiger partial charge in [-0.05, 0) is 24.6 Å². The summed E-state index contributed by atoms with van der Waals surface area (Å²) in [5.74, 6) is 0.211. The van der Waals surface area contributed by atoms with E-state index in [1.165, 1.54) is 5.56 Å². The van der Waals surface area contributed by atoms with Gasteiger partial charge in [-0.15, -0.1) is 0 Å². The highest BCUT2D eigenvalue weighted by atomic mass is 16.1. The molecule has 1 heterocycles. The number of nitrogens with zero attached hydrogens (tertiary/aromatic N) is 2. The minimum Gasteiger partial charge on any atom is -0.399 e. The molecule has 0 radical (unpaired) electrons. The van der Waals surface area contributed by atoms with Gasteiger partial charge in [-0.25, -0.2) is 0 Å². The molecule has 1 aliphatic heterocycles. The quantitative estimate of drug-likeness (QED) is 0.679. The molecule has 1 saturated heterocycles. The molecule has 4 heteroatoms. The Hall–Kier alpha value is -2.17. The zero-order valence-corrected chi connectivity index (χ0v) is 14.2. The Morgan fingerprint density at radius 1 is 1.00 bits per heavy atom. The number of piperazine rings is 1. The zero-order valence-electron chi connectivity index (χ0n) is 14.2. The minimum atomic E-state index is -0.0638. The highest BCUT2D eigenvalue weighted by molar-refractivity contribution is 5.99. The predicted molar refractivity (Wildman–Crippen MR) is 97.9 cm³/mol. The van der Waals surface area contributed by atoms with Gasteiger partial charge in [-0.3, -0.25) is 14.6 Å². The van der Waals surface area contributed by atoms with Gasteiger partial charge in [0.1, 0.15) is 0 Å². The van der Waals surface area contributed by atoms with E-state index in [0.29, 0.717) is 0 Å². The second kappa shape index (κ2) is 7.60. The molecule has 0 bridgehead atoms. The molecule has 0 aliphatic carbocycles. The summed E-state index contributed by atoms with van der Waals surface area (Å²) in [5, 5.41) is 0. The number of carbonyl (C=O) groups is 1. The highest BCUT2D eigenvalue weighted by Gasteiger charge is 2.26. The first-order valence-electron chi connectivity index (χ1n) is 8.53. The summed E-state index contributed by atoms with van der Waals surface area (Å²) in [5.41, 5.74) is 8.62. The van der Waals surface area contributed by atoms with Crippen LogP contribution in [0.25, 0.3) is 0 Å². The van der Waals surface area contributed by atoms with Crippen LogP contribution in [0.5, 0.6) is 0 Å². The molecule has 0 spiro atoms. The average Bonchev–Trinajstić information content (AvgIpc) is 2.64. The maximum atomic E-state index is 12.6. The monoisotopic (exact) mass is 323 g/mol. The van der Waals surface area contributed by atoms with Gasteiger partial charge in [0.2, 0.25) is 0 Å². The van der Waals surface area contributed by atoms with Crippen LogP contribution < -0.4 is 5.73 Å². The Morgan fingerprint density at radius 3 is 2.25 bits per heavy atom. The maximum Gasteiger partial charge on any atom is 0.179 e. The maximum absolute atomic E-state index is 12.6. The molecule has 4 nitrogen and oxygen atoms in total. The lowest BCUT2D eigenvalue weighted by atomic mass is 10.0. The Morgan fingerprint density at radius 2 is 1.62 bits per heavy atom. The number of nitrogen functional groups attached to an aromatic ring is 1. The number of Topliss-reactive ketones (excluding diaryl/α,β-unsaturated/α-hetero) is 1. The molecule has 1 fully saturated rings. The van der Waals surface area contributed by atoms with E-state index in [0.717, 1.165) is 44.0 Å². The van der Waals surface area contributed by atoms with E-state index in [2.05, 4.69) is 21.9 Å². The molecule has 1 aliphatic rings. The third kappa shape index (κ3) is 4.02. The van der Waals surface area contributed by atoms with Crippen molar-refractivity contribution in [1.29, 1.82) is 0 Å². The van der Waals surface area contributed by atoms with Crippen LogP contribution in [-0.4, -0.2) is 47.8 Å². The minimum absolute atomic E-state index is 0.0638. The first-order valence-corrected chi connectivity index (χ1v) is 8.53. The Labute approximate surface area is 143 Å². The van der Waals surface area contributed by atoms with E-state index in [1.54, 1.807) is 0 Å². The first kappa shape index (κ1) is 16.7. The largest absolute Gasteiger partial charge is 0.399 e. The van der Waals surface area contributed by atoms with Gasteiger partial charge in [-0.2, -0.15) is 0 Å².